The van der Waals surface area contributed by atoms with Gasteiger partial charge >= 0.3 is 0 Å². The van der Waals surface area contributed by atoms with Crippen LogP contribution in [-0.2, 0) is 0 Å². The van der Waals surface area contributed by atoms with Gasteiger partial charge in [0.05, 0.1) is 0 Å². The molecule has 2 saturated heterocycles. The Bertz CT molecular complexity index is 242. The van der Waals surface area contributed by atoms with Crippen LogP contribution in [0.1, 0.15) is 53.9 Å². The maximum atomic E-state index is 3.75. The zero-order valence-electron chi connectivity index (χ0n) is 11.6. The van der Waals surface area contributed by atoms with Gasteiger partial charge in [-0.05, 0) is 51.6 Å². The van der Waals surface area contributed by atoms with Gasteiger partial charge in [-0.2, -0.15) is 0 Å². The molecule has 2 heteroatoms. The van der Waals surface area contributed by atoms with Crippen molar-refractivity contribution >= 4 is 0 Å². The van der Waals surface area contributed by atoms with Gasteiger partial charge in [0.15, 0.2) is 0 Å². The van der Waals surface area contributed by atoms with Crippen LogP contribution in [0, 0.1) is 5.41 Å². The van der Waals surface area contributed by atoms with E-state index in [1.807, 2.05) is 0 Å². The van der Waals surface area contributed by atoms with E-state index in [2.05, 4.69) is 44.8 Å². The Labute approximate surface area is 101 Å². The van der Waals surface area contributed by atoms with Gasteiger partial charge < -0.3 is 5.32 Å². The van der Waals surface area contributed by atoms with Crippen molar-refractivity contribution in [3.8, 4) is 0 Å². The summed E-state index contributed by atoms with van der Waals surface area (Å²) < 4.78 is 0. The normalized spacial score (nSPS) is 32.1. The fraction of sp³-hybridized carbons (Fsp3) is 1.00. The van der Waals surface area contributed by atoms with Crippen molar-refractivity contribution in [2.45, 2.75) is 71.5 Å². The number of hydrogen-bond donors (Lipinski definition) is 1. The Balaban J connectivity index is 1.76. The Morgan fingerprint density at radius 2 is 1.69 bits per heavy atom. The molecular weight excluding hydrogens is 196 g/mol. The second-order valence-corrected chi connectivity index (χ2v) is 7.38. The molecule has 2 fully saturated rings. The van der Waals surface area contributed by atoms with E-state index in [9.17, 15) is 0 Å². The Kier molecular flexibility index (Phi) is 3.09. The molecule has 2 unspecified atom stereocenters. The second-order valence-electron chi connectivity index (χ2n) is 7.38. The summed E-state index contributed by atoms with van der Waals surface area (Å²) in [4.78, 5) is 2.62. The minimum absolute atomic E-state index is 0.402. The van der Waals surface area contributed by atoms with Crippen molar-refractivity contribution in [3.63, 3.8) is 0 Å². The van der Waals surface area contributed by atoms with Gasteiger partial charge in [-0.3, -0.25) is 4.90 Å². The molecule has 2 nitrogen and oxygen atoms in total. The van der Waals surface area contributed by atoms with Gasteiger partial charge in [-0.25, -0.2) is 0 Å². The highest BCUT2D eigenvalue weighted by Gasteiger charge is 2.41. The number of likely N-dealkylation sites (tertiary alicyclic amines) is 1. The van der Waals surface area contributed by atoms with Crippen molar-refractivity contribution in [1.82, 2.24) is 10.2 Å². The minimum atomic E-state index is 0.402. The second kappa shape index (κ2) is 3.99. The zero-order chi connectivity index (χ0) is 12.0. The van der Waals surface area contributed by atoms with Gasteiger partial charge in [-0.1, -0.05) is 20.8 Å². The third-order valence-electron chi connectivity index (χ3n) is 4.46. The molecule has 2 rings (SSSR count). The highest BCUT2D eigenvalue weighted by Crippen LogP contribution is 2.35. The summed E-state index contributed by atoms with van der Waals surface area (Å²) in [6.45, 7) is 14.4. The lowest BCUT2D eigenvalue weighted by molar-refractivity contribution is 0.0199. The molecule has 2 aliphatic rings. The molecule has 0 amide bonds. The molecule has 0 aromatic heterocycles. The van der Waals surface area contributed by atoms with E-state index in [0.29, 0.717) is 11.0 Å². The SMILES string of the molecule is CC(C)(C)C1CC(CC(C)(C)N2CCC2)N1. The first-order chi connectivity index (χ1) is 7.29. The predicted octanol–water partition coefficient (Wildman–Crippen LogP) is 2.64. The third-order valence-corrected chi connectivity index (χ3v) is 4.46. The first-order valence-corrected chi connectivity index (χ1v) is 6.80. The molecule has 0 saturated carbocycles. The fourth-order valence-corrected chi connectivity index (χ4v) is 2.94. The smallest absolute Gasteiger partial charge is 0.0168 e. The molecule has 0 radical (unpaired) electrons. The first-order valence-electron chi connectivity index (χ1n) is 6.80. The van der Waals surface area contributed by atoms with Crippen molar-refractivity contribution in [2.75, 3.05) is 13.1 Å². The Hall–Kier alpha value is -0.0800. The quantitative estimate of drug-likeness (QED) is 0.793. The van der Waals surface area contributed by atoms with Crippen molar-refractivity contribution in [3.05, 3.63) is 0 Å². The molecule has 0 aromatic carbocycles. The lowest BCUT2D eigenvalue weighted by atomic mass is 9.74. The number of hydrogen-bond acceptors (Lipinski definition) is 2. The van der Waals surface area contributed by atoms with Gasteiger partial charge in [0, 0.05) is 17.6 Å². The molecular formula is C14H28N2. The largest absolute Gasteiger partial charge is 0.311 e. The van der Waals surface area contributed by atoms with Gasteiger partial charge in [0.1, 0.15) is 0 Å². The minimum Gasteiger partial charge on any atom is -0.311 e. The van der Waals surface area contributed by atoms with Crippen LogP contribution < -0.4 is 5.32 Å². The molecule has 1 N–H and O–H groups in total. The van der Waals surface area contributed by atoms with E-state index in [-0.39, 0.29) is 0 Å². The van der Waals surface area contributed by atoms with Crippen LogP contribution in [0.3, 0.4) is 0 Å². The third kappa shape index (κ3) is 2.43. The summed E-state index contributed by atoms with van der Waals surface area (Å²) in [6.07, 6.45) is 4.06. The van der Waals surface area contributed by atoms with Crippen LogP contribution in [0.15, 0.2) is 0 Å². The van der Waals surface area contributed by atoms with Crippen LogP contribution in [0.2, 0.25) is 0 Å². The van der Waals surface area contributed by atoms with E-state index < -0.39 is 0 Å². The van der Waals surface area contributed by atoms with E-state index >= 15 is 0 Å². The number of nitrogens with zero attached hydrogens (tertiary/aromatic N) is 1. The van der Waals surface area contributed by atoms with Gasteiger partial charge in [0.2, 0.25) is 0 Å². The molecule has 2 atom stereocenters. The predicted molar refractivity (Wildman–Crippen MR) is 69.7 cm³/mol. The zero-order valence-corrected chi connectivity index (χ0v) is 11.6. The summed E-state index contributed by atoms with van der Waals surface area (Å²) in [7, 11) is 0. The van der Waals surface area contributed by atoms with Crippen LogP contribution in [0.25, 0.3) is 0 Å². The van der Waals surface area contributed by atoms with Crippen LogP contribution in [0.5, 0.6) is 0 Å². The van der Waals surface area contributed by atoms with E-state index in [1.165, 1.54) is 32.4 Å². The molecule has 0 aliphatic carbocycles. The monoisotopic (exact) mass is 224 g/mol. The molecule has 0 bridgehead atoms. The van der Waals surface area contributed by atoms with Crippen molar-refractivity contribution in [2.24, 2.45) is 5.41 Å². The van der Waals surface area contributed by atoms with E-state index in [0.717, 1.165) is 12.1 Å². The van der Waals surface area contributed by atoms with Crippen LogP contribution >= 0.6 is 0 Å². The van der Waals surface area contributed by atoms with Gasteiger partial charge in [-0.15, -0.1) is 0 Å². The molecule has 2 aliphatic heterocycles. The summed E-state index contributed by atoms with van der Waals surface area (Å²) in [5, 5.41) is 3.75. The number of rotatable bonds is 3. The maximum absolute atomic E-state index is 3.75. The van der Waals surface area contributed by atoms with Crippen LogP contribution in [0.4, 0.5) is 0 Å². The lowest BCUT2D eigenvalue weighted by Crippen LogP contribution is -2.62. The average Bonchev–Trinajstić information content (AvgIpc) is 1.88. The molecule has 2 heterocycles. The topological polar surface area (TPSA) is 15.3 Å². The van der Waals surface area contributed by atoms with Crippen LogP contribution in [-0.4, -0.2) is 35.6 Å². The summed E-state index contributed by atoms with van der Waals surface area (Å²) in [5.74, 6) is 0. The standard InChI is InChI=1S/C14H28N2/c1-13(2,3)12-9-11(15-12)10-14(4,5)16-7-6-8-16/h11-12,15H,6-10H2,1-5H3. The molecule has 16 heavy (non-hydrogen) atoms. The Morgan fingerprint density at radius 3 is 2.06 bits per heavy atom. The lowest BCUT2D eigenvalue weighted by Gasteiger charge is -2.51. The summed E-state index contributed by atoms with van der Waals surface area (Å²) in [6, 6.07) is 1.48. The Morgan fingerprint density at radius 1 is 1.12 bits per heavy atom. The van der Waals surface area contributed by atoms with E-state index in [1.54, 1.807) is 0 Å². The summed E-state index contributed by atoms with van der Waals surface area (Å²) >= 11 is 0. The van der Waals surface area contributed by atoms with Crippen molar-refractivity contribution in [1.29, 1.82) is 0 Å². The average molecular weight is 224 g/mol. The highest BCUT2D eigenvalue weighted by molar-refractivity contribution is 5.00. The van der Waals surface area contributed by atoms with Crippen molar-refractivity contribution < 1.29 is 0 Å². The molecule has 0 aromatic rings. The first kappa shape index (κ1) is 12.4. The van der Waals surface area contributed by atoms with Gasteiger partial charge in [0.25, 0.3) is 0 Å². The molecule has 0 spiro atoms. The fourth-order valence-electron chi connectivity index (χ4n) is 2.94. The molecule has 94 valence electrons. The summed E-state index contributed by atoms with van der Waals surface area (Å²) in [5.41, 5.74) is 0.830. The van der Waals surface area contributed by atoms with E-state index in [4.69, 9.17) is 0 Å². The highest BCUT2D eigenvalue weighted by atomic mass is 15.2. The maximum Gasteiger partial charge on any atom is 0.0168 e. The number of nitrogens with one attached hydrogen (secondary N) is 1.